The molecule has 0 aliphatic carbocycles. The van der Waals surface area contributed by atoms with E-state index >= 15 is 0 Å². The van der Waals surface area contributed by atoms with Crippen molar-refractivity contribution in [2.45, 2.75) is 13.8 Å². The van der Waals surface area contributed by atoms with Crippen LogP contribution in [0.25, 0.3) is 0 Å². The first-order chi connectivity index (χ1) is 6.13. The van der Waals surface area contributed by atoms with Crippen LogP contribution in [0.1, 0.15) is 11.1 Å². The van der Waals surface area contributed by atoms with Crippen LogP contribution in [-0.2, 0) is 9.90 Å². The molecule has 0 saturated heterocycles. The minimum atomic E-state index is -0.840. The molecule has 13 heavy (non-hydrogen) atoms. The summed E-state index contributed by atoms with van der Waals surface area (Å²) in [5.74, 6) is -0.279. The van der Waals surface area contributed by atoms with E-state index in [4.69, 9.17) is 4.74 Å². The standard InChI is InChI=1S/C10H11O3/c1-7-3-4-9(8(2)5-7)13-10(12)6-11/h3-5H,6H2,1-2H3. The zero-order chi connectivity index (χ0) is 9.84. The third-order valence-corrected chi connectivity index (χ3v) is 1.67. The van der Waals surface area contributed by atoms with E-state index in [1.54, 1.807) is 6.07 Å². The van der Waals surface area contributed by atoms with Crippen LogP contribution in [0.5, 0.6) is 5.75 Å². The normalized spacial score (nSPS) is 9.77. The maximum Gasteiger partial charge on any atom is 0.340 e. The second kappa shape index (κ2) is 4.05. The van der Waals surface area contributed by atoms with Gasteiger partial charge in [0.15, 0.2) is 6.61 Å². The van der Waals surface area contributed by atoms with Gasteiger partial charge in [0.2, 0.25) is 0 Å². The van der Waals surface area contributed by atoms with Crippen molar-refractivity contribution in [3.8, 4) is 5.75 Å². The van der Waals surface area contributed by atoms with Crippen LogP contribution in [-0.4, -0.2) is 12.6 Å². The molecular weight excluding hydrogens is 168 g/mol. The highest BCUT2D eigenvalue weighted by atomic mass is 16.5. The van der Waals surface area contributed by atoms with Crippen molar-refractivity contribution in [1.82, 2.24) is 0 Å². The van der Waals surface area contributed by atoms with Gasteiger partial charge >= 0.3 is 5.97 Å². The van der Waals surface area contributed by atoms with Crippen LogP contribution in [0, 0.1) is 13.8 Å². The molecule has 0 atom stereocenters. The summed E-state index contributed by atoms with van der Waals surface area (Å²) >= 11 is 0. The smallest absolute Gasteiger partial charge is 0.340 e. The zero-order valence-corrected chi connectivity index (χ0v) is 7.66. The summed E-state index contributed by atoms with van der Waals surface area (Å²) in [6.07, 6.45) is 0. The molecule has 3 heteroatoms. The van der Waals surface area contributed by atoms with Crippen LogP contribution in [0.3, 0.4) is 0 Å². The summed E-state index contributed by atoms with van der Waals surface area (Å²) in [7, 11) is 0. The Bertz CT molecular complexity index is 318. The summed E-state index contributed by atoms with van der Waals surface area (Å²) in [6, 6.07) is 5.42. The number of esters is 1. The Balaban J connectivity index is 2.83. The Labute approximate surface area is 77.0 Å². The Hall–Kier alpha value is -1.35. The molecule has 0 N–H and O–H groups in total. The number of hydrogen-bond acceptors (Lipinski definition) is 2. The molecule has 0 aliphatic heterocycles. The van der Waals surface area contributed by atoms with Gasteiger partial charge in [-0.25, -0.2) is 9.90 Å². The lowest BCUT2D eigenvalue weighted by Crippen LogP contribution is -2.11. The van der Waals surface area contributed by atoms with Crippen LogP contribution < -0.4 is 4.74 Å². The number of rotatable bonds is 2. The molecule has 1 radical (unpaired) electrons. The monoisotopic (exact) mass is 179 g/mol. The summed E-state index contributed by atoms with van der Waals surface area (Å²) in [4.78, 5) is 10.7. The molecule has 0 fully saturated rings. The van der Waals surface area contributed by atoms with Crippen molar-refractivity contribution in [3.05, 3.63) is 29.3 Å². The van der Waals surface area contributed by atoms with E-state index in [0.717, 1.165) is 11.1 Å². The first kappa shape index (κ1) is 9.74. The Morgan fingerprint density at radius 2 is 2.08 bits per heavy atom. The highest BCUT2D eigenvalue weighted by Crippen LogP contribution is 2.18. The van der Waals surface area contributed by atoms with E-state index in [1.165, 1.54) is 0 Å². The van der Waals surface area contributed by atoms with Gasteiger partial charge in [-0.05, 0) is 25.5 Å². The number of carbonyl (C=O) groups excluding carboxylic acids is 1. The second-order valence-electron chi connectivity index (χ2n) is 2.89. The molecule has 1 aromatic carbocycles. The number of hydrogen-bond donors (Lipinski definition) is 0. The van der Waals surface area contributed by atoms with Gasteiger partial charge in [-0.2, -0.15) is 0 Å². The van der Waals surface area contributed by atoms with E-state index < -0.39 is 12.6 Å². The average Bonchev–Trinajstić information content (AvgIpc) is 2.09. The average molecular weight is 179 g/mol. The fourth-order valence-electron chi connectivity index (χ4n) is 1.07. The number of benzene rings is 1. The number of carbonyl (C=O) groups is 1. The van der Waals surface area contributed by atoms with E-state index in [1.807, 2.05) is 26.0 Å². The van der Waals surface area contributed by atoms with Crippen molar-refractivity contribution in [3.63, 3.8) is 0 Å². The first-order valence-electron chi connectivity index (χ1n) is 3.99. The number of ether oxygens (including phenoxy) is 1. The Kier molecular flexibility index (Phi) is 3.03. The summed E-state index contributed by atoms with van der Waals surface area (Å²) < 4.78 is 4.80. The van der Waals surface area contributed by atoms with Crippen LogP contribution in [0.4, 0.5) is 0 Å². The van der Waals surface area contributed by atoms with Gasteiger partial charge in [-0.1, -0.05) is 17.7 Å². The molecule has 0 heterocycles. The van der Waals surface area contributed by atoms with E-state index in [0.29, 0.717) is 5.75 Å². The largest absolute Gasteiger partial charge is 0.424 e. The molecule has 69 valence electrons. The molecule has 0 aliphatic rings. The van der Waals surface area contributed by atoms with Crippen molar-refractivity contribution < 1.29 is 14.6 Å². The molecule has 0 spiro atoms. The number of aryl methyl sites for hydroxylation is 2. The zero-order valence-electron chi connectivity index (χ0n) is 7.66. The van der Waals surface area contributed by atoms with Crippen molar-refractivity contribution in [2.24, 2.45) is 0 Å². The van der Waals surface area contributed by atoms with E-state index in [9.17, 15) is 9.90 Å². The van der Waals surface area contributed by atoms with Gasteiger partial charge in [0.25, 0.3) is 0 Å². The fourth-order valence-corrected chi connectivity index (χ4v) is 1.07. The highest BCUT2D eigenvalue weighted by molar-refractivity contribution is 5.73. The third kappa shape index (κ3) is 2.56. The van der Waals surface area contributed by atoms with Gasteiger partial charge in [0, 0.05) is 0 Å². The summed E-state index contributed by atoms with van der Waals surface area (Å²) in [5.41, 5.74) is 1.96. The van der Waals surface area contributed by atoms with Gasteiger partial charge in [-0.3, -0.25) is 0 Å². The minimum Gasteiger partial charge on any atom is -0.424 e. The fraction of sp³-hybridized carbons (Fsp3) is 0.300. The Morgan fingerprint density at radius 1 is 1.38 bits per heavy atom. The maximum atomic E-state index is 10.7. The van der Waals surface area contributed by atoms with Crippen molar-refractivity contribution in [1.29, 1.82) is 0 Å². The third-order valence-electron chi connectivity index (χ3n) is 1.67. The van der Waals surface area contributed by atoms with E-state index in [-0.39, 0.29) is 0 Å². The lowest BCUT2D eigenvalue weighted by Gasteiger charge is -2.05. The highest BCUT2D eigenvalue weighted by Gasteiger charge is 2.05. The molecule has 3 nitrogen and oxygen atoms in total. The predicted octanol–water partition coefficient (Wildman–Crippen LogP) is 1.64. The van der Waals surface area contributed by atoms with Crippen molar-refractivity contribution in [2.75, 3.05) is 6.61 Å². The van der Waals surface area contributed by atoms with Crippen molar-refractivity contribution >= 4 is 5.97 Å². The molecule has 0 amide bonds. The Morgan fingerprint density at radius 3 is 2.62 bits per heavy atom. The maximum absolute atomic E-state index is 10.7. The lowest BCUT2D eigenvalue weighted by molar-refractivity contribution is -0.139. The van der Waals surface area contributed by atoms with Crippen LogP contribution in [0.15, 0.2) is 18.2 Å². The second-order valence-corrected chi connectivity index (χ2v) is 2.89. The first-order valence-corrected chi connectivity index (χ1v) is 3.99. The topological polar surface area (TPSA) is 46.2 Å². The van der Waals surface area contributed by atoms with Gasteiger partial charge < -0.3 is 4.74 Å². The van der Waals surface area contributed by atoms with Crippen LogP contribution >= 0.6 is 0 Å². The molecule has 0 bridgehead atoms. The predicted molar refractivity (Wildman–Crippen MR) is 47.1 cm³/mol. The van der Waals surface area contributed by atoms with Gasteiger partial charge in [0.05, 0.1) is 0 Å². The minimum absolute atomic E-state index is 0.464. The van der Waals surface area contributed by atoms with E-state index in [2.05, 4.69) is 0 Å². The lowest BCUT2D eigenvalue weighted by atomic mass is 10.1. The quantitative estimate of drug-likeness (QED) is 0.511. The molecule has 1 aromatic rings. The molecule has 0 saturated carbocycles. The molecule has 0 unspecified atom stereocenters. The van der Waals surface area contributed by atoms with Gasteiger partial charge in [0.1, 0.15) is 5.75 Å². The molecule has 0 aromatic heterocycles. The summed E-state index contributed by atoms with van der Waals surface area (Å²) in [5, 5.41) is 10.1. The van der Waals surface area contributed by atoms with Gasteiger partial charge in [-0.15, -0.1) is 0 Å². The summed E-state index contributed by atoms with van der Waals surface area (Å²) in [6.45, 7) is 2.94. The van der Waals surface area contributed by atoms with Crippen LogP contribution in [0.2, 0.25) is 0 Å². The SMILES string of the molecule is Cc1ccc(OC(=O)C[O])c(C)c1. The molecular formula is C10H11O3. The molecule has 1 rings (SSSR count).